The van der Waals surface area contributed by atoms with E-state index in [1.807, 2.05) is 18.5 Å². The molecule has 1 amide bonds. The molecule has 0 aliphatic carbocycles. The summed E-state index contributed by atoms with van der Waals surface area (Å²) in [4.78, 5) is 26.7. The van der Waals surface area contributed by atoms with Crippen LogP contribution in [-0.4, -0.2) is 53.5 Å². The van der Waals surface area contributed by atoms with Crippen molar-refractivity contribution in [1.29, 1.82) is 0 Å². The van der Waals surface area contributed by atoms with Crippen molar-refractivity contribution in [3.05, 3.63) is 22.4 Å². The van der Waals surface area contributed by atoms with Gasteiger partial charge in [0.1, 0.15) is 0 Å². The first kappa shape index (κ1) is 16.0. The van der Waals surface area contributed by atoms with Crippen LogP contribution in [0.4, 0.5) is 0 Å². The number of likely N-dealkylation sites (tertiary alicyclic amines) is 1. The Morgan fingerprint density at radius 3 is 3.00 bits per heavy atom. The van der Waals surface area contributed by atoms with E-state index in [9.17, 15) is 9.59 Å². The summed E-state index contributed by atoms with van der Waals surface area (Å²) in [6.07, 6.45) is 1.93. The lowest BCUT2D eigenvalue weighted by Crippen LogP contribution is -2.37. The highest BCUT2D eigenvalue weighted by Crippen LogP contribution is 2.21. The maximum atomic E-state index is 12.2. The number of hydrogen-bond acceptors (Lipinski definition) is 4. The third-order valence-electron chi connectivity index (χ3n) is 3.92. The maximum Gasteiger partial charge on any atom is 0.303 e. The first-order valence-electron chi connectivity index (χ1n) is 7.24. The molecular formula is C15H22N2O3S. The van der Waals surface area contributed by atoms with Gasteiger partial charge in [0.25, 0.3) is 0 Å². The predicted molar refractivity (Wildman–Crippen MR) is 82.2 cm³/mol. The second kappa shape index (κ2) is 7.56. The van der Waals surface area contributed by atoms with Crippen LogP contribution in [0.2, 0.25) is 0 Å². The van der Waals surface area contributed by atoms with Crippen molar-refractivity contribution in [2.24, 2.45) is 5.92 Å². The number of amides is 1. The van der Waals surface area contributed by atoms with Crippen molar-refractivity contribution in [2.75, 3.05) is 26.7 Å². The summed E-state index contributed by atoms with van der Waals surface area (Å²) in [6, 6.07) is 2.03. The molecule has 0 aromatic carbocycles. The van der Waals surface area contributed by atoms with Gasteiger partial charge in [0.2, 0.25) is 5.91 Å². The second-order valence-electron chi connectivity index (χ2n) is 5.70. The third-order valence-corrected chi connectivity index (χ3v) is 4.65. The number of thiophene rings is 1. The zero-order chi connectivity index (χ0) is 15.2. The smallest absolute Gasteiger partial charge is 0.303 e. The minimum absolute atomic E-state index is 0.125. The molecule has 1 aliphatic heterocycles. The molecule has 2 heterocycles. The molecule has 6 heteroatoms. The molecule has 1 fully saturated rings. The highest BCUT2D eigenvalue weighted by Gasteiger charge is 2.25. The highest BCUT2D eigenvalue weighted by molar-refractivity contribution is 7.07. The number of carboxylic acid groups (broad SMARTS) is 1. The standard InChI is InChI=1S/C15H22N2O3S/c1-16(8-13-5-7-21-11-13)14(18)10-17-6-4-12(9-17)2-3-15(19)20/h5,7,11-12H,2-4,6,8-10H2,1H3,(H,19,20). The number of aliphatic carboxylic acids is 1. The van der Waals surface area contributed by atoms with E-state index in [-0.39, 0.29) is 12.3 Å². The largest absolute Gasteiger partial charge is 0.481 e. The summed E-state index contributed by atoms with van der Waals surface area (Å²) >= 11 is 1.64. The number of carbonyl (C=O) groups is 2. The van der Waals surface area contributed by atoms with Crippen molar-refractivity contribution < 1.29 is 14.7 Å². The average molecular weight is 310 g/mol. The van der Waals surface area contributed by atoms with Gasteiger partial charge in [0.05, 0.1) is 6.54 Å². The van der Waals surface area contributed by atoms with Gasteiger partial charge in [-0.25, -0.2) is 0 Å². The summed E-state index contributed by atoms with van der Waals surface area (Å²) in [6.45, 7) is 2.82. The third kappa shape index (κ3) is 5.13. The minimum atomic E-state index is -0.736. The van der Waals surface area contributed by atoms with E-state index in [2.05, 4.69) is 10.3 Å². The molecule has 21 heavy (non-hydrogen) atoms. The van der Waals surface area contributed by atoms with Gasteiger partial charge < -0.3 is 10.0 Å². The van der Waals surface area contributed by atoms with E-state index in [0.29, 0.717) is 25.4 Å². The van der Waals surface area contributed by atoms with E-state index in [0.717, 1.165) is 25.1 Å². The first-order valence-corrected chi connectivity index (χ1v) is 8.18. The van der Waals surface area contributed by atoms with Crippen LogP contribution in [-0.2, 0) is 16.1 Å². The van der Waals surface area contributed by atoms with Crippen LogP contribution in [0, 0.1) is 5.92 Å². The van der Waals surface area contributed by atoms with Gasteiger partial charge in [0, 0.05) is 26.6 Å². The molecule has 0 spiro atoms. The van der Waals surface area contributed by atoms with Gasteiger partial charge in [-0.3, -0.25) is 14.5 Å². The highest BCUT2D eigenvalue weighted by atomic mass is 32.1. The van der Waals surface area contributed by atoms with Gasteiger partial charge in [-0.2, -0.15) is 11.3 Å². The molecule has 116 valence electrons. The molecule has 1 atom stereocenters. The summed E-state index contributed by atoms with van der Waals surface area (Å²) in [7, 11) is 1.83. The van der Waals surface area contributed by atoms with Crippen LogP contribution in [0.15, 0.2) is 16.8 Å². The molecular weight excluding hydrogens is 288 g/mol. The van der Waals surface area contributed by atoms with E-state index < -0.39 is 5.97 Å². The lowest BCUT2D eigenvalue weighted by Gasteiger charge is -2.21. The van der Waals surface area contributed by atoms with E-state index in [1.165, 1.54) is 0 Å². The molecule has 1 N–H and O–H groups in total. The van der Waals surface area contributed by atoms with Gasteiger partial charge in [-0.15, -0.1) is 0 Å². The maximum absolute atomic E-state index is 12.2. The Morgan fingerprint density at radius 1 is 1.52 bits per heavy atom. The Labute approximate surface area is 129 Å². The zero-order valence-electron chi connectivity index (χ0n) is 12.3. The molecule has 0 saturated carbocycles. The average Bonchev–Trinajstić information content (AvgIpc) is 3.08. The van der Waals surface area contributed by atoms with Crippen molar-refractivity contribution in [3.8, 4) is 0 Å². The van der Waals surface area contributed by atoms with E-state index in [1.54, 1.807) is 16.2 Å². The summed E-state index contributed by atoms with van der Waals surface area (Å²) in [5.74, 6) is -0.198. The molecule has 1 aromatic rings. The Bertz CT molecular complexity index is 475. The molecule has 1 unspecified atom stereocenters. The van der Waals surface area contributed by atoms with Crippen LogP contribution in [0.25, 0.3) is 0 Å². The SMILES string of the molecule is CN(Cc1ccsc1)C(=O)CN1CCC(CCC(=O)O)C1. The van der Waals surface area contributed by atoms with Crippen LogP contribution in [0.5, 0.6) is 0 Å². The topological polar surface area (TPSA) is 60.9 Å². The second-order valence-corrected chi connectivity index (χ2v) is 6.48. The monoisotopic (exact) mass is 310 g/mol. The van der Waals surface area contributed by atoms with Crippen LogP contribution >= 0.6 is 11.3 Å². The number of nitrogens with zero attached hydrogens (tertiary/aromatic N) is 2. The number of rotatable bonds is 7. The fourth-order valence-electron chi connectivity index (χ4n) is 2.68. The molecule has 1 aliphatic rings. The van der Waals surface area contributed by atoms with Gasteiger partial charge in [0.15, 0.2) is 0 Å². The fourth-order valence-corrected chi connectivity index (χ4v) is 3.34. The lowest BCUT2D eigenvalue weighted by molar-refractivity contribution is -0.137. The fraction of sp³-hybridized carbons (Fsp3) is 0.600. The Hall–Kier alpha value is -1.40. The summed E-state index contributed by atoms with van der Waals surface area (Å²) in [5.41, 5.74) is 1.16. The first-order chi connectivity index (χ1) is 10.0. The van der Waals surface area contributed by atoms with E-state index >= 15 is 0 Å². The van der Waals surface area contributed by atoms with Crippen molar-refractivity contribution >= 4 is 23.2 Å². The molecule has 0 bridgehead atoms. The number of likely N-dealkylation sites (N-methyl/N-ethyl adjacent to an activating group) is 1. The van der Waals surface area contributed by atoms with Crippen molar-refractivity contribution in [2.45, 2.75) is 25.8 Å². The van der Waals surface area contributed by atoms with Gasteiger partial charge in [-0.05, 0) is 47.7 Å². The Balaban J connectivity index is 1.72. The predicted octanol–water partition coefficient (Wildman–Crippen LogP) is 1.89. The van der Waals surface area contributed by atoms with Crippen LogP contribution in [0.1, 0.15) is 24.8 Å². The quantitative estimate of drug-likeness (QED) is 0.835. The summed E-state index contributed by atoms with van der Waals surface area (Å²) in [5, 5.41) is 12.8. The number of carboxylic acids is 1. The normalized spacial score (nSPS) is 18.8. The Morgan fingerprint density at radius 2 is 2.33 bits per heavy atom. The van der Waals surface area contributed by atoms with Crippen LogP contribution < -0.4 is 0 Å². The van der Waals surface area contributed by atoms with E-state index in [4.69, 9.17) is 5.11 Å². The Kier molecular flexibility index (Phi) is 5.76. The molecule has 0 radical (unpaired) electrons. The molecule has 2 rings (SSSR count). The van der Waals surface area contributed by atoms with Gasteiger partial charge >= 0.3 is 5.97 Å². The zero-order valence-corrected chi connectivity index (χ0v) is 13.1. The minimum Gasteiger partial charge on any atom is -0.481 e. The van der Waals surface area contributed by atoms with Crippen LogP contribution in [0.3, 0.4) is 0 Å². The lowest BCUT2D eigenvalue weighted by atomic mass is 10.0. The number of carbonyl (C=O) groups excluding carboxylic acids is 1. The van der Waals surface area contributed by atoms with Crippen molar-refractivity contribution in [1.82, 2.24) is 9.80 Å². The molecule has 1 saturated heterocycles. The molecule has 5 nitrogen and oxygen atoms in total. The summed E-state index contributed by atoms with van der Waals surface area (Å²) < 4.78 is 0. The van der Waals surface area contributed by atoms with Crippen molar-refractivity contribution in [3.63, 3.8) is 0 Å². The molecule has 1 aromatic heterocycles. The van der Waals surface area contributed by atoms with Gasteiger partial charge in [-0.1, -0.05) is 0 Å². The number of hydrogen-bond donors (Lipinski definition) is 1.